The Hall–Kier alpha value is -2.42. The van der Waals surface area contributed by atoms with Crippen LogP contribution in [0, 0.1) is 11.3 Å². The summed E-state index contributed by atoms with van der Waals surface area (Å²) in [6.45, 7) is 1.85. The first-order chi connectivity index (χ1) is 8.54. The number of allylic oxidation sites excluding steroid dienone is 1. The first-order valence-electron chi connectivity index (χ1n) is 5.50. The van der Waals surface area contributed by atoms with Crippen LogP contribution in [0.25, 0.3) is 5.57 Å². The third kappa shape index (κ3) is 1.91. The SMILES string of the molecule is CC1CCC(=CC(=O)O)c2ncc(C#N)c(=O)n21. The van der Waals surface area contributed by atoms with Crippen LogP contribution in [0.3, 0.4) is 0 Å². The molecule has 0 aliphatic carbocycles. The van der Waals surface area contributed by atoms with E-state index in [-0.39, 0.29) is 11.6 Å². The summed E-state index contributed by atoms with van der Waals surface area (Å²) >= 11 is 0. The van der Waals surface area contributed by atoms with Crippen LogP contribution in [0.4, 0.5) is 0 Å². The van der Waals surface area contributed by atoms with Crippen molar-refractivity contribution in [2.75, 3.05) is 0 Å². The summed E-state index contributed by atoms with van der Waals surface area (Å²) in [4.78, 5) is 26.8. The fraction of sp³-hybridized carbons (Fsp3) is 0.333. The number of nitrogens with zero attached hydrogens (tertiary/aromatic N) is 3. The van der Waals surface area contributed by atoms with Crippen LogP contribution < -0.4 is 5.56 Å². The number of hydrogen-bond donors (Lipinski definition) is 1. The van der Waals surface area contributed by atoms with Crippen LogP contribution in [0.5, 0.6) is 0 Å². The molecule has 0 bridgehead atoms. The summed E-state index contributed by atoms with van der Waals surface area (Å²) in [7, 11) is 0. The van der Waals surface area contributed by atoms with Gasteiger partial charge in [-0.15, -0.1) is 0 Å². The Labute approximate surface area is 103 Å². The van der Waals surface area contributed by atoms with Crippen LogP contribution >= 0.6 is 0 Å². The van der Waals surface area contributed by atoms with Gasteiger partial charge in [0.05, 0.1) is 6.20 Å². The molecule has 1 unspecified atom stereocenters. The van der Waals surface area contributed by atoms with Gasteiger partial charge >= 0.3 is 5.97 Å². The molecule has 1 atom stereocenters. The molecule has 0 aromatic carbocycles. The third-order valence-corrected chi connectivity index (χ3v) is 2.97. The van der Waals surface area contributed by atoms with E-state index in [0.717, 1.165) is 6.08 Å². The molecule has 2 heterocycles. The standard InChI is InChI=1S/C12H11N3O3/c1-7-2-3-8(4-10(16)17)11-14-6-9(5-13)12(18)15(7)11/h4,6-7H,2-3H2,1H3,(H,16,17). The molecule has 0 spiro atoms. The summed E-state index contributed by atoms with van der Waals surface area (Å²) < 4.78 is 1.40. The second kappa shape index (κ2) is 4.45. The molecule has 0 fully saturated rings. The fourth-order valence-corrected chi connectivity index (χ4v) is 2.08. The minimum atomic E-state index is -1.07. The molecule has 0 saturated carbocycles. The maximum atomic E-state index is 12.0. The average molecular weight is 245 g/mol. The maximum absolute atomic E-state index is 12.0. The van der Waals surface area contributed by atoms with E-state index >= 15 is 0 Å². The Morgan fingerprint density at radius 3 is 3.06 bits per heavy atom. The van der Waals surface area contributed by atoms with Gasteiger partial charge in [0.1, 0.15) is 17.5 Å². The van der Waals surface area contributed by atoms with Crippen molar-refractivity contribution in [3.63, 3.8) is 0 Å². The highest BCUT2D eigenvalue weighted by molar-refractivity contribution is 5.89. The molecule has 18 heavy (non-hydrogen) atoms. The van der Waals surface area contributed by atoms with Gasteiger partial charge in [0, 0.05) is 17.7 Å². The highest BCUT2D eigenvalue weighted by Gasteiger charge is 2.23. The van der Waals surface area contributed by atoms with Gasteiger partial charge in [-0.2, -0.15) is 5.26 Å². The monoisotopic (exact) mass is 245 g/mol. The highest BCUT2D eigenvalue weighted by Crippen LogP contribution is 2.29. The van der Waals surface area contributed by atoms with Crippen molar-refractivity contribution < 1.29 is 9.90 Å². The normalized spacial score (nSPS) is 20.2. The number of hydrogen-bond acceptors (Lipinski definition) is 4. The molecule has 92 valence electrons. The molecule has 6 heteroatoms. The van der Waals surface area contributed by atoms with Gasteiger partial charge in [-0.3, -0.25) is 9.36 Å². The minimum absolute atomic E-state index is 0.0258. The molecule has 1 aliphatic rings. The van der Waals surface area contributed by atoms with Gasteiger partial charge in [0.15, 0.2) is 0 Å². The van der Waals surface area contributed by atoms with Gasteiger partial charge in [-0.05, 0) is 19.8 Å². The van der Waals surface area contributed by atoms with Gasteiger partial charge in [-0.1, -0.05) is 0 Å². The van der Waals surface area contributed by atoms with Crippen molar-refractivity contribution in [1.82, 2.24) is 9.55 Å². The smallest absolute Gasteiger partial charge is 0.328 e. The van der Waals surface area contributed by atoms with Crippen molar-refractivity contribution in [2.24, 2.45) is 0 Å². The molecular weight excluding hydrogens is 234 g/mol. The van der Waals surface area contributed by atoms with E-state index in [4.69, 9.17) is 10.4 Å². The molecule has 2 rings (SSSR count). The number of nitriles is 1. The molecule has 0 saturated heterocycles. The van der Waals surface area contributed by atoms with Crippen LogP contribution in [0.2, 0.25) is 0 Å². The highest BCUT2D eigenvalue weighted by atomic mass is 16.4. The Morgan fingerprint density at radius 2 is 2.44 bits per heavy atom. The maximum Gasteiger partial charge on any atom is 0.328 e. The number of aliphatic carboxylic acids is 1. The molecule has 1 aliphatic heterocycles. The van der Waals surface area contributed by atoms with Crippen molar-refractivity contribution in [3.05, 3.63) is 34.0 Å². The second-order valence-electron chi connectivity index (χ2n) is 4.18. The third-order valence-electron chi connectivity index (χ3n) is 2.97. The lowest BCUT2D eigenvalue weighted by Gasteiger charge is -2.25. The predicted molar refractivity (Wildman–Crippen MR) is 62.8 cm³/mol. The van der Waals surface area contributed by atoms with E-state index in [2.05, 4.69) is 4.98 Å². The zero-order chi connectivity index (χ0) is 13.3. The van der Waals surface area contributed by atoms with Crippen molar-refractivity contribution in [1.29, 1.82) is 5.26 Å². The average Bonchev–Trinajstić information content (AvgIpc) is 2.32. The lowest BCUT2D eigenvalue weighted by Crippen LogP contribution is -2.32. The summed E-state index contributed by atoms with van der Waals surface area (Å²) in [5.74, 6) is -0.718. The number of rotatable bonds is 1. The van der Waals surface area contributed by atoms with E-state index in [9.17, 15) is 9.59 Å². The predicted octanol–water partition coefficient (Wildman–Crippen LogP) is 0.938. The zero-order valence-corrected chi connectivity index (χ0v) is 9.75. The van der Waals surface area contributed by atoms with Crippen molar-refractivity contribution in [3.8, 4) is 6.07 Å². The topological polar surface area (TPSA) is 96.0 Å². The summed E-state index contributed by atoms with van der Waals surface area (Å²) in [5.41, 5.74) is 0.0790. The Bertz CT molecular complexity index is 637. The number of carbonyl (C=O) groups is 1. The van der Waals surface area contributed by atoms with E-state index < -0.39 is 11.5 Å². The second-order valence-corrected chi connectivity index (χ2v) is 4.18. The summed E-state index contributed by atoms with van der Waals surface area (Å²) in [6.07, 6.45) is 3.48. The molecule has 1 N–H and O–H groups in total. The van der Waals surface area contributed by atoms with E-state index in [1.165, 1.54) is 10.8 Å². The molecule has 1 aromatic rings. The number of carboxylic acids is 1. The Kier molecular flexibility index (Phi) is 2.98. The van der Waals surface area contributed by atoms with Gasteiger partial charge in [-0.25, -0.2) is 9.78 Å². The van der Waals surface area contributed by atoms with Crippen LogP contribution in [-0.2, 0) is 4.79 Å². The number of fused-ring (bicyclic) bond motifs is 1. The van der Waals surface area contributed by atoms with E-state index in [1.54, 1.807) is 6.07 Å². The summed E-state index contributed by atoms with van der Waals surface area (Å²) in [6, 6.07) is 1.71. The molecule has 6 nitrogen and oxygen atoms in total. The zero-order valence-electron chi connectivity index (χ0n) is 9.75. The summed E-state index contributed by atoms with van der Waals surface area (Å²) in [5, 5.41) is 17.6. The Balaban J connectivity index is 2.70. The van der Waals surface area contributed by atoms with E-state index in [1.807, 2.05) is 6.92 Å². The van der Waals surface area contributed by atoms with Gasteiger partial charge in [0.25, 0.3) is 5.56 Å². The van der Waals surface area contributed by atoms with Crippen molar-refractivity contribution >= 4 is 11.5 Å². The first kappa shape index (κ1) is 12.0. The molecular formula is C12H11N3O3. The number of aromatic nitrogens is 2. The number of carboxylic acid groups (broad SMARTS) is 1. The van der Waals surface area contributed by atoms with Crippen LogP contribution in [-0.4, -0.2) is 20.6 Å². The first-order valence-corrected chi connectivity index (χ1v) is 5.50. The lowest BCUT2D eigenvalue weighted by molar-refractivity contribution is -0.131. The van der Waals surface area contributed by atoms with E-state index in [0.29, 0.717) is 24.2 Å². The molecule has 1 aromatic heterocycles. The molecule has 0 radical (unpaired) electrons. The largest absolute Gasteiger partial charge is 0.478 e. The van der Waals surface area contributed by atoms with Crippen molar-refractivity contribution in [2.45, 2.75) is 25.8 Å². The Morgan fingerprint density at radius 1 is 1.72 bits per heavy atom. The quantitative estimate of drug-likeness (QED) is 0.742. The fourth-order valence-electron chi connectivity index (χ4n) is 2.08. The molecule has 0 amide bonds. The van der Waals surface area contributed by atoms with Gasteiger partial charge < -0.3 is 5.11 Å². The lowest BCUT2D eigenvalue weighted by atomic mass is 9.99. The van der Waals surface area contributed by atoms with Crippen LogP contribution in [0.1, 0.15) is 37.2 Å². The van der Waals surface area contributed by atoms with Gasteiger partial charge in [0.2, 0.25) is 0 Å². The van der Waals surface area contributed by atoms with Crippen LogP contribution in [0.15, 0.2) is 17.1 Å². The minimum Gasteiger partial charge on any atom is -0.478 e.